The summed E-state index contributed by atoms with van der Waals surface area (Å²) in [6, 6.07) is 66.5. The van der Waals surface area contributed by atoms with E-state index in [0.717, 1.165) is 51.9 Å². The summed E-state index contributed by atoms with van der Waals surface area (Å²) in [5, 5.41) is 7.70. The second-order valence-corrected chi connectivity index (χ2v) is 20.0. The third kappa shape index (κ3) is 4.05. The number of hydrogen-bond donors (Lipinski definition) is 0. The molecule has 0 N–H and O–H groups in total. The van der Waals surface area contributed by atoms with Crippen molar-refractivity contribution in [2.45, 2.75) is 24.7 Å². The number of anilines is 3. The van der Waals surface area contributed by atoms with E-state index in [1.165, 1.54) is 95.4 Å². The Kier molecular flexibility index (Phi) is 6.53. The SMILES string of the molecule is Fc1ccc(-c2ccc(N(c3ccc4c(c3)sc3ccccc34)c3ccc4c(-c5cccc6c5C5(c7ccccc7-6)C6CC7CC8CC5C786)cc5ccccc5c4c3)cc2)cc1. The van der Waals surface area contributed by atoms with Crippen molar-refractivity contribution in [3.05, 3.63) is 199 Å². The molecule has 1 heterocycles. The zero-order valence-corrected chi connectivity index (χ0v) is 34.8. The molecule has 4 atom stereocenters. The van der Waals surface area contributed by atoms with E-state index in [1.807, 2.05) is 23.5 Å². The van der Waals surface area contributed by atoms with Crippen molar-refractivity contribution < 1.29 is 4.39 Å². The maximum Gasteiger partial charge on any atom is 0.123 e. The van der Waals surface area contributed by atoms with Crippen LogP contribution in [-0.2, 0) is 5.41 Å². The summed E-state index contributed by atoms with van der Waals surface area (Å²) >= 11 is 1.85. The van der Waals surface area contributed by atoms with Gasteiger partial charge in [-0.25, -0.2) is 4.39 Å². The van der Waals surface area contributed by atoms with Gasteiger partial charge in [-0.2, -0.15) is 0 Å². The van der Waals surface area contributed by atoms with Crippen LogP contribution in [-0.4, -0.2) is 0 Å². The minimum absolute atomic E-state index is 0.121. The molecule has 10 aromatic rings. The van der Waals surface area contributed by atoms with Crippen LogP contribution in [0, 0.1) is 34.9 Å². The Bertz CT molecular complexity index is 3540. The van der Waals surface area contributed by atoms with Crippen LogP contribution in [0.15, 0.2) is 182 Å². The molecule has 5 aliphatic rings. The minimum Gasteiger partial charge on any atom is -0.310 e. The van der Waals surface area contributed by atoms with Crippen LogP contribution >= 0.6 is 11.3 Å². The lowest BCUT2D eigenvalue weighted by atomic mass is 9.11. The van der Waals surface area contributed by atoms with E-state index in [9.17, 15) is 4.39 Å². The van der Waals surface area contributed by atoms with E-state index >= 15 is 0 Å². The Labute approximate surface area is 363 Å². The minimum atomic E-state index is -0.223. The second kappa shape index (κ2) is 11.9. The third-order valence-electron chi connectivity index (χ3n) is 16.8. The number of nitrogens with zero attached hydrogens (tertiary/aromatic N) is 1. The zero-order chi connectivity index (χ0) is 40.5. The highest BCUT2D eigenvalue weighted by Crippen LogP contribution is 2.95. The predicted molar refractivity (Wildman–Crippen MR) is 256 cm³/mol. The maximum atomic E-state index is 13.9. The Morgan fingerprint density at radius 3 is 1.85 bits per heavy atom. The van der Waals surface area contributed by atoms with E-state index in [-0.39, 0.29) is 11.2 Å². The average Bonchev–Trinajstić information content (AvgIpc) is 3.82. The molecule has 0 aliphatic heterocycles. The first kappa shape index (κ1) is 34.1. The van der Waals surface area contributed by atoms with E-state index in [2.05, 4.69) is 163 Å². The van der Waals surface area contributed by atoms with Gasteiger partial charge in [0.2, 0.25) is 0 Å². The number of benzene rings is 9. The molecule has 1 aromatic heterocycles. The summed E-state index contributed by atoms with van der Waals surface area (Å²) in [4.78, 5) is 2.41. The van der Waals surface area contributed by atoms with Crippen molar-refractivity contribution in [3.63, 3.8) is 0 Å². The quantitative estimate of drug-likeness (QED) is 0.157. The highest BCUT2D eigenvalue weighted by molar-refractivity contribution is 7.25. The first-order valence-electron chi connectivity index (χ1n) is 22.4. The number of fused-ring (bicyclic) bond motifs is 13. The van der Waals surface area contributed by atoms with Crippen LogP contribution < -0.4 is 4.90 Å². The second-order valence-electron chi connectivity index (χ2n) is 18.9. The van der Waals surface area contributed by atoms with Crippen LogP contribution in [0.5, 0.6) is 0 Å². The van der Waals surface area contributed by atoms with Gasteiger partial charge in [-0.3, -0.25) is 0 Å². The van der Waals surface area contributed by atoms with E-state index < -0.39 is 0 Å². The molecule has 9 aromatic carbocycles. The predicted octanol–water partition coefficient (Wildman–Crippen LogP) is 16.2. The topological polar surface area (TPSA) is 3.24 Å². The summed E-state index contributed by atoms with van der Waals surface area (Å²) in [6.07, 6.45) is 4.26. The molecule has 15 rings (SSSR count). The standard InChI is InChI=1S/C59H40FNS/c60-39-20-16-34(17-21-39)35-18-22-40(23-19-35)61(42-25-27-47-46-11-4-6-15-53(46)62-54(47)33-42)41-24-26-44-50(28-36-8-1-2-9-43(36)51(44)32-41)49-13-7-12-48-45-10-3-5-14-52(45)59(57(48)49)55-30-37-29-38-31-56(59)58(37,38)55/h1-28,32-33,37-38,55-56H,29-31H2. The number of thiophene rings is 1. The molecular weight excluding hydrogens is 774 g/mol. The van der Waals surface area contributed by atoms with Crippen molar-refractivity contribution in [1.29, 1.82) is 0 Å². The molecular formula is C59H40FNS. The van der Waals surface area contributed by atoms with Crippen LogP contribution in [0.25, 0.3) is 75.1 Å². The van der Waals surface area contributed by atoms with Gasteiger partial charge in [0.1, 0.15) is 5.82 Å². The third-order valence-corrected chi connectivity index (χ3v) is 17.9. The van der Waals surface area contributed by atoms with Crippen LogP contribution in [0.4, 0.5) is 21.5 Å². The molecule has 0 saturated heterocycles. The van der Waals surface area contributed by atoms with Crippen LogP contribution in [0.3, 0.4) is 0 Å². The van der Waals surface area contributed by atoms with Gasteiger partial charge in [0.05, 0.1) is 0 Å². The Morgan fingerprint density at radius 2 is 1.06 bits per heavy atom. The molecule has 3 heteroatoms. The van der Waals surface area contributed by atoms with E-state index in [1.54, 1.807) is 11.1 Å². The first-order chi connectivity index (χ1) is 30.6. The van der Waals surface area contributed by atoms with Crippen molar-refractivity contribution in [2.24, 2.45) is 29.1 Å². The largest absolute Gasteiger partial charge is 0.310 e. The molecule has 4 saturated carbocycles. The maximum absolute atomic E-state index is 13.9. The summed E-state index contributed by atoms with van der Waals surface area (Å²) in [5.41, 5.74) is 15.0. The highest BCUT2D eigenvalue weighted by atomic mass is 32.1. The number of hydrogen-bond acceptors (Lipinski definition) is 2. The fourth-order valence-corrected chi connectivity index (χ4v) is 15.6. The Morgan fingerprint density at radius 1 is 0.452 bits per heavy atom. The fraction of sp³-hybridized carbons (Fsp3) is 0.153. The van der Waals surface area contributed by atoms with Gasteiger partial charge in [-0.1, -0.05) is 121 Å². The number of rotatable bonds is 5. The molecule has 294 valence electrons. The van der Waals surface area contributed by atoms with Crippen molar-refractivity contribution in [1.82, 2.24) is 0 Å². The molecule has 62 heavy (non-hydrogen) atoms. The molecule has 1 nitrogen and oxygen atoms in total. The lowest BCUT2D eigenvalue weighted by Crippen LogP contribution is -2.88. The Balaban J connectivity index is 0.938. The van der Waals surface area contributed by atoms with E-state index in [4.69, 9.17) is 0 Å². The van der Waals surface area contributed by atoms with Crippen molar-refractivity contribution >= 4 is 70.1 Å². The normalized spacial score (nSPS) is 24.5. The average molecular weight is 814 g/mol. The monoisotopic (exact) mass is 813 g/mol. The highest BCUT2D eigenvalue weighted by Gasteiger charge is 2.90. The van der Waals surface area contributed by atoms with Gasteiger partial charge >= 0.3 is 0 Å². The van der Waals surface area contributed by atoms with Gasteiger partial charge in [-0.15, -0.1) is 11.3 Å². The summed E-state index contributed by atoms with van der Waals surface area (Å²) in [6.45, 7) is 0. The van der Waals surface area contributed by atoms with Gasteiger partial charge in [-0.05, 0) is 175 Å². The smallest absolute Gasteiger partial charge is 0.123 e. The van der Waals surface area contributed by atoms with E-state index in [0.29, 0.717) is 5.41 Å². The zero-order valence-electron chi connectivity index (χ0n) is 34.0. The lowest BCUT2D eigenvalue weighted by Gasteiger charge is -2.92. The van der Waals surface area contributed by atoms with Crippen molar-refractivity contribution in [3.8, 4) is 33.4 Å². The molecule has 2 spiro atoms. The Hall–Kier alpha value is -6.55. The van der Waals surface area contributed by atoms with Crippen molar-refractivity contribution in [2.75, 3.05) is 4.90 Å². The molecule has 0 amide bonds. The summed E-state index contributed by atoms with van der Waals surface area (Å²) in [5.74, 6) is 3.24. The summed E-state index contributed by atoms with van der Waals surface area (Å²) in [7, 11) is 0. The molecule has 4 fully saturated rings. The van der Waals surface area contributed by atoms with Gasteiger partial charge in [0.15, 0.2) is 0 Å². The lowest BCUT2D eigenvalue weighted by molar-refractivity contribution is -0.412. The molecule has 0 bridgehead atoms. The van der Waals surface area contributed by atoms with Gasteiger partial charge < -0.3 is 4.90 Å². The van der Waals surface area contributed by atoms with Crippen LogP contribution in [0.2, 0.25) is 0 Å². The molecule has 5 aliphatic carbocycles. The first-order valence-corrected chi connectivity index (χ1v) is 23.2. The van der Waals surface area contributed by atoms with Gasteiger partial charge in [0.25, 0.3) is 0 Å². The molecule has 4 unspecified atom stereocenters. The molecule has 0 radical (unpaired) electrons. The number of halogens is 1. The fourth-order valence-electron chi connectivity index (χ4n) is 14.5. The van der Waals surface area contributed by atoms with Gasteiger partial charge in [0, 0.05) is 42.6 Å². The van der Waals surface area contributed by atoms with Crippen LogP contribution in [0.1, 0.15) is 30.4 Å². The summed E-state index contributed by atoms with van der Waals surface area (Å²) < 4.78 is 16.5.